The number of carbonyl (C=O) groups is 1. The molecule has 282 valence electrons. The highest BCUT2D eigenvalue weighted by atomic mass is 35.5. The van der Waals surface area contributed by atoms with Gasteiger partial charge in [0.25, 0.3) is 5.91 Å². The summed E-state index contributed by atoms with van der Waals surface area (Å²) in [7, 11) is -0.240. The third-order valence-electron chi connectivity index (χ3n) is 12.5. The molecule has 2 aromatic carbocycles. The first-order valence-corrected chi connectivity index (χ1v) is 21.0. The van der Waals surface area contributed by atoms with Gasteiger partial charge in [-0.3, -0.25) is 4.79 Å². The van der Waals surface area contributed by atoms with Gasteiger partial charge in [-0.05, 0) is 130 Å². The summed E-state index contributed by atoms with van der Waals surface area (Å²) in [6, 6.07) is 11.3. The van der Waals surface area contributed by atoms with Crippen molar-refractivity contribution in [2.45, 2.75) is 102 Å². The maximum Gasteiger partial charge on any atom is 0.264 e. The zero-order valence-electron chi connectivity index (χ0n) is 31.2. The van der Waals surface area contributed by atoms with E-state index < -0.39 is 21.2 Å². The van der Waals surface area contributed by atoms with E-state index in [4.69, 9.17) is 25.8 Å². The summed E-state index contributed by atoms with van der Waals surface area (Å²) in [5.41, 5.74) is 3.06. The second-order valence-electron chi connectivity index (χ2n) is 15.9. The largest absolute Gasteiger partial charge is 0.487 e. The van der Waals surface area contributed by atoms with Gasteiger partial charge in [-0.15, -0.1) is 0 Å². The van der Waals surface area contributed by atoms with E-state index in [1.807, 2.05) is 51.5 Å². The second kappa shape index (κ2) is 16.3. The van der Waals surface area contributed by atoms with Crippen LogP contribution in [0, 0.1) is 23.7 Å². The fourth-order valence-electron chi connectivity index (χ4n) is 9.24. The van der Waals surface area contributed by atoms with Crippen LogP contribution in [0.3, 0.4) is 0 Å². The van der Waals surface area contributed by atoms with Crippen LogP contribution in [0.4, 0.5) is 5.69 Å². The quantitative estimate of drug-likeness (QED) is 0.355. The first kappa shape index (κ1) is 38.4. The summed E-state index contributed by atoms with van der Waals surface area (Å²) < 4.78 is 48.8. The van der Waals surface area contributed by atoms with Crippen LogP contribution in [0.1, 0.15) is 93.6 Å². The topological polar surface area (TPSA) is 97.4 Å². The molecular weight excluding hydrogens is 686 g/mol. The van der Waals surface area contributed by atoms with Gasteiger partial charge in [0.1, 0.15) is 12.4 Å². The number of nitrogens with zero attached hydrogens (tertiary/aromatic N) is 2. The standard InChI is InChI=1S/C40H58ClN3O6S/c1-27-20-28(2)29(3)51(46,47)42-39(45)31-11-14-38-37(22-31)44(17-7-6-8-30-21-34(41)12-9-33(30)25-50-38)24-32-10-13-36(32)40(23-27,49-5)26-43-18-15-35(48-4)16-19-43/h9,11-12,14,21-22,27-29,32,35-36H,6-8,10,13,15-20,23-26H2,1-5H3,(H,42,45)/t27?,28-,29+,32-,36+,40+/m0/s1. The number of fused-ring (bicyclic) bond motifs is 3. The highest BCUT2D eigenvalue weighted by molar-refractivity contribution is 7.90. The summed E-state index contributed by atoms with van der Waals surface area (Å²) in [5, 5.41) is -0.0222. The number of rotatable bonds is 4. The van der Waals surface area contributed by atoms with Crippen molar-refractivity contribution < 1.29 is 27.4 Å². The number of ether oxygens (including phenoxy) is 3. The molecule has 3 heterocycles. The van der Waals surface area contributed by atoms with Crippen molar-refractivity contribution in [2.75, 3.05) is 51.8 Å². The van der Waals surface area contributed by atoms with Crippen molar-refractivity contribution in [1.29, 1.82) is 0 Å². The van der Waals surface area contributed by atoms with Gasteiger partial charge in [-0.2, -0.15) is 0 Å². The second-order valence-corrected chi connectivity index (χ2v) is 18.4. The molecular formula is C40H58ClN3O6S. The molecule has 6 atom stereocenters. The molecule has 2 aromatic rings. The van der Waals surface area contributed by atoms with Crippen LogP contribution in [0.2, 0.25) is 5.02 Å². The number of anilines is 1. The lowest BCUT2D eigenvalue weighted by atomic mass is 9.61. The zero-order valence-corrected chi connectivity index (χ0v) is 32.7. The molecule has 6 rings (SSSR count). The summed E-state index contributed by atoms with van der Waals surface area (Å²) in [6.45, 7) is 10.7. The Morgan fingerprint density at radius 3 is 2.47 bits per heavy atom. The number of benzene rings is 2. The van der Waals surface area contributed by atoms with Gasteiger partial charge in [-0.1, -0.05) is 31.5 Å². The molecule has 9 nitrogen and oxygen atoms in total. The molecule has 1 amide bonds. The third-order valence-corrected chi connectivity index (χ3v) is 14.7. The Kier molecular flexibility index (Phi) is 12.3. The molecule has 51 heavy (non-hydrogen) atoms. The Morgan fingerprint density at radius 1 is 0.980 bits per heavy atom. The van der Waals surface area contributed by atoms with E-state index in [-0.39, 0.29) is 17.4 Å². The number of halogens is 1. The number of piperidine rings is 1. The minimum absolute atomic E-state index is 0.156. The highest BCUT2D eigenvalue weighted by Gasteiger charge is 2.50. The zero-order chi connectivity index (χ0) is 36.3. The molecule has 3 aliphatic heterocycles. The number of carbonyl (C=O) groups excluding carboxylic acids is 1. The Labute approximate surface area is 310 Å². The van der Waals surface area contributed by atoms with E-state index >= 15 is 0 Å². The average molecular weight is 744 g/mol. The average Bonchev–Trinajstić information content (AvgIpc) is 3.12. The van der Waals surface area contributed by atoms with Gasteiger partial charge in [0.2, 0.25) is 10.0 Å². The number of hydrogen-bond donors (Lipinski definition) is 1. The van der Waals surface area contributed by atoms with Crippen LogP contribution >= 0.6 is 11.6 Å². The number of hydrogen-bond acceptors (Lipinski definition) is 8. The molecule has 0 aromatic heterocycles. The third kappa shape index (κ3) is 8.72. The van der Waals surface area contributed by atoms with Gasteiger partial charge in [-0.25, -0.2) is 13.1 Å². The maximum atomic E-state index is 13.7. The van der Waals surface area contributed by atoms with Gasteiger partial charge >= 0.3 is 0 Å². The molecule has 2 fully saturated rings. The van der Waals surface area contributed by atoms with Crippen LogP contribution in [-0.2, 0) is 32.5 Å². The lowest BCUT2D eigenvalue weighted by molar-refractivity contribution is -0.140. The number of nitrogens with one attached hydrogen (secondary N) is 1. The smallest absolute Gasteiger partial charge is 0.264 e. The minimum atomic E-state index is -3.94. The monoisotopic (exact) mass is 743 g/mol. The summed E-state index contributed by atoms with van der Waals surface area (Å²) >= 11 is 6.40. The fourth-order valence-corrected chi connectivity index (χ4v) is 10.7. The molecule has 1 saturated carbocycles. The van der Waals surface area contributed by atoms with Gasteiger partial charge in [0.05, 0.1) is 22.6 Å². The molecule has 4 aliphatic rings. The normalized spacial score (nSPS) is 31.2. The number of likely N-dealkylation sites (tertiary alicyclic amines) is 1. The van der Waals surface area contributed by atoms with Crippen molar-refractivity contribution >= 4 is 33.2 Å². The SMILES string of the molecule is COC1CCN(C[C@]2(OC)CC(C)C[C@H](C)[C@@H](C)S(=O)(=O)NC(=O)c3ccc4c(c3)N(CCCCc3cc(Cl)ccc3CO4)C[C@@H]3CC[C@H]32)CC1. The van der Waals surface area contributed by atoms with Crippen LogP contribution in [-0.4, -0.2) is 83.1 Å². The molecule has 0 spiro atoms. The maximum absolute atomic E-state index is 13.7. The van der Waals surface area contributed by atoms with Crippen LogP contribution in [0.15, 0.2) is 36.4 Å². The van der Waals surface area contributed by atoms with Crippen molar-refractivity contribution in [2.24, 2.45) is 23.7 Å². The van der Waals surface area contributed by atoms with E-state index in [2.05, 4.69) is 21.4 Å². The van der Waals surface area contributed by atoms with Crippen molar-refractivity contribution in [3.8, 4) is 5.75 Å². The van der Waals surface area contributed by atoms with Crippen LogP contribution < -0.4 is 14.4 Å². The Hall–Kier alpha value is -2.37. The minimum Gasteiger partial charge on any atom is -0.487 e. The molecule has 0 radical (unpaired) electrons. The van der Waals surface area contributed by atoms with E-state index in [1.54, 1.807) is 13.0 Å². The first-order chi connectivity index (χ1) is 24.4. The summed E-state index contributed by atoms with van der Waals surface area (Å²) in [5.74, 6) is 0.878. The lowest BCUT2D eigenvalue weighted by Gasteiger charge is -2.53. The predicted octanol–water partition coefficient (Wildman–Crippen LogP) is 7.10. The van der Waals surface area contributed by atoms with Gasteiger partial charge in [0.15, 0.2) is 0 Å². The Morgan fingerprint density at radius 2 is 1.76 bits per heavy atom. The van der Waals surface area contributed by atoms with Crippen molar-refractivity contribution in [3.05, 3.63) is 58.1 Å². The van der Waals surface area contributed by atoms with E-state index in [0.717, 1.165) is 107 Å². The molecule has 1 N–H and O–H groups in total. The summed E-state index contributed by atoms with van der Waals surface area (Å²) in [4.78, 5) is 18.6. The van der Waals surface area contributed by atoms with Crippen LogP contribution in [0.5, 0.6) is 5.75 Å². The van der Waals surface area contributed by atoms with E-state index in [9.17, 15) is 13.2 Å². The number of amides is 1. The van der Waals surface area contributed by atoms with Gasteiger partial charge < -0.3 is 24.0 Å². The Balaban J connectivity index is 1.39. The van der Waals surface area contributed by atoms with Crippen molar-refractivity contribution in [1.82, 2.24) is 9.62 Å². The molecule has 2 bridgehead atoms. The van der Waals surface area contributed by atoms with Crippen LogP contribution in [0.25, 0.3) is 0 Å². The summed E-state index contributed by atoms with van der Waals surface area (Å²) in [6.07, 6.45) is 8.95. The highest BCUT2D eigenvalue weighted by Crippen LogP contribution is 2.49. The molecule has 1 unspecified atom stereocenters. The number of aryl methyl sites for hydroxylation is 1. The van der Waals surface area contributed by atoms with Crippen molar-refractivity contribution in [3.63, 3.8) is 0 Å². The molecule has 1 aliphatic carbocycles. The number of methoxy groups -OCH3 is 2. The molecule has 1 saturated heterocycles. The predicted molar refractivity (Wildman–Crippen MR) is 203 cm³/mol. The van der Waals surface area contributed by atoms with Gasteiger partial charge in [0, 0.05) is 57.5 Å². The fraction of sp³-hybridized carbons (Fsp3) is 0.675. The Bertz CT molecular complexity index is 1630. The van der Waals surface area contributed by atoms with E-state index in [1.165, 1.54) is 5.56 Å². The van der Waals surface area contributed by atoms with E-state index in [0.29, 0.717) is 35.9 Å². The lowest BCUT2D eigenvalue weighted by Crippen LogP contribution is -2.58. The first-order valence-electron chi connectivity index (χ1n) is 19.1. The number of sulfonamides is 1. The molecule has 11 heteroatoms.